The van der Waals surface area contributed by atoms with Crippen LogP contribution >= 0.6 is 0 Å². The van der Waals surface area contributed by atoms with Crippen molar-refractivity contribution < 1.29 is 8.78 Å². The van der Waals surface area contributed by atoms with Gasteiger partial charge in [-0.2, -0.15) is 4.98 Å². The van der Waals surface area contributed by atoms with Crippen LogP contribution in [0.1, 0.15) is 37.7 Å². The van der Waals surface area contributed by atoms with Gasteiger partial charge >= 0.3 is 0 Å². The fourth-order valence-electron chi connectivity index (χ4n) is 5.82. The van der Waals surface area contributed by atoms with E-state index in [2.05, 4.69) is 39.4 Å². The second-order valence-electron chi connectivity index (χ2n) is 10.4. The number of hydrogen-bond donors (Lipinski definition) is 1. The van der Waals surface area contributed by atoms with E-state index in [0.717, 1.165) is 47.8 Å². The number of halogens is 2. The van der Waals surface area contributed by atoms with Gasteiger partial charge in [-0.05, 0) is 73.3 Å². The van der Waals surface area contributed by atoms with Gasteiger partial charge in [-0.15, -0.1) is 0 Å². The maximum atomic E-state index is 14.4. The molecular formula is C31H33F2N5. The Bertz CT molecular complexity index is 1390. The van der Waals surface area contributed by atoms with Crippen molar-refractivity contribution in [3.05, 3.63) is 84.1 Å². The van der Waals surface area contributed by atoms with Crippen LogP contribution in [-0.4, -0.2) is 47.1 Å². The molecule has 3 aromatic carbocycles. The Morgan fingerprint density at radius 2 is 1.55 bits per heavy atom. The molecule has 0 bridgehead atoms. The van der Waals surface area contributed by atoms with Gasteiger partial charge in [-0.25, -0.2) is 13.8 Å². The number of rotatable bonds is 6. The molecule has 0 amide bonds. The smallest absolute Gasteiger partial charge is 0.227 e. The third-order valence-corrected chi connectivity index (χ3v) is 7.99. The molecule has 0 unspecified atom stereocenters. The molecule has 2 saturated heterocycles. The molecule has 1 N–H and O–H groups in total. The molecular weight excluding hydrogens is 480 g/mol. The summed E-state index contributed by atoms with van der Waals surface area (Å²) >= 11 is 0. The Labute approximate surface area is 222 Å². The average Bonchev–Trinajstić information content (AvgIpc) is 2.97. The molecule has 0 atom stereocenters. The van der Waals surface area contributed by atoms with Crippen LogP contribution < -0.4 is 10.2 Å². The molecule has 2 aliphatic rings. The van der Waals surface area contributed by atoms with Crippen molar-refractivity contribution in [2.45, 2.75) is 44.7 Å². The SMILES string of the molecule is Fc1cccc(F)c1CNc1nc(N2CCC(N3CCCCC3)CC2)ncc1-c1ccc2ccccc2c1. The monoisotopic (exact) mass is 513 g/mol. The Balaban J connectivity index is 1.28. The van der Waals surface area contributed by atoms with Crippen LogP contribution in [0.15, 0.2) is 66.9 Å². The lowest BCUT2D eigenvalue weighted by molar-refractivity contribution is 0.141. The van der Waals surface area contributed by atoms with Gasteiger partial charge in [0.1, 0.15) is 17.5 Å². The first-order valence-corrected chi connectivity index (χ1v) is 13.7. The van der Waals surface area contributed by atoms with Gasteiger partial charge < -0.3 is 15.1 Å². The zero-order chi connectivity index (χ0) is 25.9. The molecule has 6 rings (SSSR count). The van der Waals surface area contributed by atoms with E-state index in [1.807, 2.05) is 24.4 Å². The molecule has 1 aromatic heterocycles. The highest BCUT2D eigenvalue weighted by molar-refractivity contribution is 5.89. The van der Waals surface area contributed by atoms with Crippen LogP contribution in [-0.2, 0) is 6.54 Å². The highest BCUT2D eigenvalue weighted by Gasteiger charge is 2.27. The lowest BCUT2D eigenvalue weighted by Crippen LogP contribution is -2.47. The zero-order valence-electron chi connectivity index (χ0n) is 21.5. The first kappa shape index (κ1) is 24.7. The van der Waals surface area contributed by atoms with Crippen molar-refractivity contribution in [2.75, 3.05) is 36.4 Å². The molecule has 3 heterocycles. The minimum Gasteiger partial charge on any atom is -0.365 e. The highest BCUT2D eigenvalue weighted by atomic mass is 19.1. The van der Waals surface area contributed by atoms with Gasteiger partial charge in [0.05, 0.1) is 0 Å². The van der Waals surface area contributed by atoms with E-state index in [1.165, 1.54) is 50.6 Å². The van der Waals surface area contributed by atoms with E-state index in [1.54, 1.807) is 0 Å². The molecule has 0 saturated carbocycles. The largest absolute Gasteiger partial charge is 0.365 e. The van der Waals surface area contributed by atoms with E-state index < -0.39 is 11.6 Å². The van der Waals surface area contributed by atoms with E-state index >= 15 is 0 Å². The molecule has 0 aliphatic carbocycles. The van der Waals surface area contributed by atoms with Gasteiger partial charge in [-0.1, -0.05) is 48.9 Å². The molecule has 2 fully saturated rings. The predicted molar refractivity (Wildman–Crippen MR) is 149 cm³/mol. The fraction of sp³-hybridized carbons (Fsp3) is 0.355. The van der Waals surface area contributed by atoms with Crippen LogP contribution in [0.3, 0.4) is 0 Å². The number of hydrogen-bond acceptors (Lipinski definition) is 5. The van der Waals surface area contributed by atoms with Crippen LogP contribution in [0.2, 0.25) is 0 Å². The summed E-state index contributed by atoms with van der Waals surface area (Å²) in [7, 11) is 0. The van der Waals surface area contributed by atoms with Crippen molar-refractivity contribution in [3.8, 4) is 11.1 Å². The van der Waals surface area contributed by atoms with Gasteiger partial charge in [0.25, 0.3) is 0 Å². The molecule has 0 radical (unpaired) electrons. The van der Waals surface area contributed by atoms with E-state index in [-0.39, 0.29) is 12.1 Å². The average molecular weight is 514 g/mol. The zero-order valence-corrected chi connectivity index (χ0v) is 21.5. The highest BCUT2D eigenvalue weighted by Crippen LogP contribution is 2.32. The van der Waals surface area contributed by atoms with Gasteiger partial charge in [0.15, 0.2) is 0 Å². The van der Waals surface area contributed by atoms with Gasteiger partial charge in [0, 0.05) is 43.0 Å². The summed E-state index contributed by atoms with van der Waals surface area (Å²) in [6.07, 6.45) is 7.98. The van der Waals surface area contributed by atoms with Gasteiger partial charge in [0.2, 0.25) is 5.95 Å². The van der Waals surface area contributed by atoms with Crippen LogP contribution in [0.4, 0.5) is 20.5 Å². The minimum atomic E-state index is -0.571. The number of nitrogens with zero attached hydrogens (tertiary/aromatic N) is 4. The second-order valence-corrected chi connectivity index (χ2v) is 10.4. The first-order valence-electron chi connectivity index (χ1n) is 13.7. The third kappa shape index (κ3) is 5.20. The normalized spacial score (nSPS) is 17.2. The number of fused-ring (bicyclic) bond motifs is 1. The Morgan fingerprint density at radius 1 is 0.816 bits per heavy atom. The minimum absolute atomic E-state index is 0.000491. The summed E-state index contributed by atoms with van der Waals surface area (Å²) < 4.78 is 28.8. The third-order valence-electron chi connectivity index (χ3n) is 7.99. The summed E-state index contributed by atoms with van der Waals surface area (Å²) in [5.41, 5.74) is 1.76. The maximum absolute atomic E-state index is 14.4. The fourth-order valence-corrected chi connectivity index (χ4v) is 5.82. The van der Waals surface area contributed by atoms with Crippen molar-refractivity contribution >= 4 is 22.5 Å². The summed E-state index contributed by atoms with van der Waals surface area (Å²) in [5.74, 6) is 0.0897. The number of benzene rings is 3. The number of likely N-dealkylation sites (tertiary alicyclic amines) is 1. The first-order chi connectivity index (χ1) is 18.7. The number of aromatic nitrogens is 2. The summed E-state index contributed by atoms with van der Waals surface area (Å²) in [6.45, 7) is 4.22. The number of nitrogens with one attached hydrogen (secondary N) is 1. The Kier molecular flexibility index (Phi) is 7.18. The quantitative estimate of drug-likeness (QED) is 0.313. The maximum Gasteiger partial charge on any atom is 0.227 e. The Morgan fingerprint density at radius 3 is 2.32 bits per heavy atom. The lowest BCUT2D eigenvalue weighted by Gasteiger charge is -2.40. The molecule has 7 heteroatoms. The topological polar surface area (TPSA) is 44.3 Å². The van der Waals surface area contributed by atoms with Gasteiger partial charge in [-0.3, -0.25) is 0 Å². The predicted octanol–water partition coefficient (Wildman–Crippen LogP) is 6.64. The molecule has 0 spiro atoms. The van der Waals surface area contributed by atoms with Crippen molar-refractivity contribution in [1.82, 2.24) is 14.9 Å². The van der Waals surface area contributed by atoms with E-state index in [0.29, 0.717) is 17.8 Å². The summed E-state index contributed by atoms with van der Waals surface area (Å²) in [5, 5.41) is 5.49. The molecule has 4 aromatic rings. The lowest BCUT2D eigenvalue weighted by atomic mass is 10.00. The molecule has 2 aliphatic heterocycles. The van der Waals surface area contributed by atoms with Crippen LogP contribution in [0.25, 0.3) is 21.9 Å². The van der Waals surface area contributed by atoms with Crippen molar-refractivity contribution in [2.24, 2.45) is 0 Å². The molecule has 196 valence electrons. The summed E-state index contributed by atoms with van der Waals surface area (Å²) in [4.78, 5) is 14.6. The standard InChI is InChI=1S/C31H33F2N5/c32-28-9-6-10-29(33)27(28)21-34-30-26(24-12-11-22-7-2-3-8-23(22)19-24)20-35-31(36-30)38-17-13-25(14-18-38)37-15-4-1-5-16-37/h2-3,6-12,19-20,25H,1,4-5,13-18,21H2,(H,34,35,36). The van der Waals surface area contributed by atoms with Crippen molar-refractivity contribution in [3.63, 3.8) is 0 Å². The summed E-state index contributed by atoms with van der Waals surface area (Å²) in [6, 6.07) is 19.0. The molecule has 38 heavy (non-hydrogen) atoms. The van der Waals surface area contributed by atoms with E-state index in [4.69, 9.17) is 9.97 Å². The number of anilines is 2. The van der Waals surface area contributed by atoms with Crippen molar-refractivity contribution in [1.29, 1.82) is 0 Å². The molecule has 5 nitrogen and oxygen atoms in total. The van der Waals surface area contributed by atoms with E-state index in [9.17, 15) is 8.78 Å². The van der Waals surface area contributed by atoms with Crippen LogP contribution in [0.5, 0.6) is 0 Å². The van der Waals surface area contributed by atoms with Crippen LogP contribution in [0, 0.1) is 11.6 Å². The second kappa shape index (κ2) is 11.0. The Hall–Kier alpha value is -3.58. The number of piperidine rings is 2.